The van der Waals surface area contributed by atoms with Gasteiger partial charge in [-0.25, -0.2) is 9.36 Å². The Balaban J connectivity index is 1.44. The Kier molecular flexibility index (Phi) is 4.94. The Morgan fingerprint density at radius 2 is 1.72 bits per heavy atom. The third-order valence-corrected chi connectivity index (χ3v) is 5.83. The number of phosphoric ester groups is 1. The van der Waals surface area contributed by atoms with Crippen LogP contribution >= 0.6 is 7.82 Å². The lowest BCUT2D eigenvalue weighted by Crippen LogP contribution is -2.13. The van der Waals surface area contributed by atoms with Crippen molar-refractivity contribution >= 4 is 24.8 Å². The van der Waals surface area contributed by atoms with Gasteiger partial charge in [0.1, 0.15) is 17.6 Å². The minimum absolute atomic E-state index is 0.221. The number of rotatable bonds is 5. The van der Waals surface area contributed by atoms with E-state index in [0.29, 0.717) is 39.2 Å². The summed E-state index contributed by atoms with van der Waals surface area (Å²) < 4.78 is 34.3. The molecule has 9 nitrogen and oxygen atoms in total. The van der Waals surface area contributed by atoms with Gasteiger partial charge < -0.3 is 19.0 Å². The molecule has 3 aromatic carbocycles. The summed E-state index contributed by atoms with van der Waals surface area (Å²) in [5, 5.41) is 0. The monoisotopic (exact) mass is 452 g/mol. The number of ether oxygens (including phenoxy) is 2. The zero-order valence-corrected chi connectivity index (χ0v) is 17.6. The van der Waals surface area contributed by atoms with Crippen molar-refractivity contribution in [3.8, 4) is 17.5 Å². The highest BCUT2D eigenvalue weighted by molar-refractivity contribution is 7.47. The highest BCUT2D eigenvalue weighted by atomic mass is 31.2. The second kappa shape index (κ2) is 7.80. The number of phosphoric acid groups is 1. The molecule has 2 N–H and O–H groups in total. The van der Waals surface area contributed by atoms with Gasteiger partial charge in [0.05, 0.1) is 23.7 Å². The molecule has 1 aliphatic heterocycles. The van der Waals surface area contributed by atoms with Crippen LogP contribution in [0.15, 0.2) is 66.7 Å². The van der Waals surface area contributed by atoms with E-state index in [4.69, 9.17) is 18.5 Å². The first-order chi connectivity index (χ1) is 15.4. The maximum atomic E-state index is 12.9. The summed E-state index contributed by atoms with van der Waals surface area (Å²) in [5.41, 5.74) is 2.36. The van der Waals surface area contributed by atoms with Gasteiger partial charge in [0, 0.05) is 11.1 Å². The third kappa shape index (κ3) is 3.73. The van der Waals surface area contributed by atoms with Gasteiger partial charge in [0.15, 0.2) is 0 Å². The quantitative estimate of drug-likeness (QED) is 0.329. The van der Waals surface area contributed by atoms with Gasteiger partial charge in [-0.05, 0) is 30.3 Å². The van der Waals surface area contributed by atoms with Gasteiger partial charge >= 0.3 is 19.8 Å². The molecule has 0 fully saturated rings. The predicted octanol–water partition coefficient (Wildman–Crippen LogP) is 4.74. The van der Waals surface area contributed by atoms with E-state index in [1.165, 1.54) is 19.2 Å². The van der Waals surface area contributed by atoms with Crippen LogP contribution in [0.4, 0.5) is 0 Å². The summed E-state index contributed by atoms with van der Waals surface area (Å²) in [7, 11) is -3.35. The predicted molar refractivity (Wildman–Crippen MR) is 114 cm³/mol. The van der Waals surface area contributed by atoms with Crippen molar-refractivity contribution in [3.05, 3.63) is 83.4 Å². The highest BCUT2D eigenvalue weighted by Crippen LogP contribution is 2.54. The molecule has 10 heteroatoms. The number of para-hydroxylation sites is 2. The van der Waals surface area contributed by atoms with Crippen LogP contribution in [0.25, 0.3) is 11.0 Å². The number of carbonyl (C=O) groups is 1. The van der Waals surface area contributed by atoms with Crippen molar-refractivity contribution in [2.45, 2.75) is 6.10 Å². The molecule has 4 aromatic rings. The molecular weight excluding hydrogens is 435 g/mol. The lowest BCUT2D eigenvalue weighted by Gasteiger charge is -2.28. The van der Waals surface area contributed by atoms with Gasteiger partial charge in [-0.2, -0.15) is 4.98 Å². The van der Waals surface area contributed by atoms with Crippen LogP contribution < -0.4 is 9.26 Å². The lowest BCUT2D eigenvalue weighted by atomic mass is 9.97. The number of nitrogens with one attached hydrogen (secondary N) is 1. The van der Waals surface area contributed by atoms with Crippen molar-refractivity contribution in [1.29, 1.82) is 0 Å². The Hall–Kier alpha value is -3.65. The molecule has 1 aliphatic rings. The Morgan fingerprint density at radius 3 is 2.38 bits per heavy atom. The highest BCUT2D eigenvalue weighted by Gasteiger charge is 2.36. The zero-order valence-electron chi connectivity index (χ0n) is 16.7. The van der Waals surface area contributed by atoms with Gasteiger partial charge in [0.25, 0.3) is 0 Å². The van der Waals surface area contributed by atoms with Gasteiger partial charge in [-0.15, -0.1) is 0 Å². The first-order valence-electron chi connectivity index (χ1n) is 9.58. The van der Waals surface area contributed by atoms with Crippen molar-refractivity contribution in [2.75, 3.05) is 7.11 Å². The average Bonchev–Trinajstić information content (AvgIpc) is 3.18. The van der Waals surface area contributed by atoms with E-state index in [2.05, 4.69) is 9.97 Å². The fraction of sp³-hybridized carbons (Fsp3) is 0.0909. The number of hydrogen-bond acceptors (Lipinski definition) is 7. The first kappa shape index (κ1) is 20.3. The Morgan fingerprint density at radius 1 is 1.06 bits per heavy atom. The largest absolute Gasteiger partial charge is 0.530 e. The van der Waals surface area contributed by atoms with Crippen LogP contribution in [0.5, 0.6) is 17.5 Å². The van der Waals surface area contributed by atoms with E-state index in [1.54, 1.807) is 54.6 Å². The van der Waals surface area contributed by atoms with Crippen LogP contribution in [0.3, 0.4) is 0 Å². The van der Waals surface area contributed by atoms with Crippen molar-refractivity contribution in [2.24, 2.45) is 0 Å². The van der Waals surface area contributed by atoms with Crippen LogP contribution in [-0.4, -0.2) is 27.9 Å². The molecule has 0 saturated heterocycles. The molecular formula is C22H17N2O7P. The number of H-pyrrole nitrogens is 1. The summed E-state index contributed by atoms with van der Waals surface area (Å²) in [6.07, 6.45) is -0.887. The number of fused-ring (bicyclic) bond motifs is 3. The van der Waals surface area contributed by atoms with Crippen molar-refractivity contribution in [3.63, 3.8) is 0 Å². The second-order valence-corrected chi connectivity index (χ2v) is 8.32. The maximum Gasteiger partial charge on any atom is 0.530 e. The van der Waals surface area contributed by atoms with E-state index < -0.39 is 19.9 Å². The summed E-state index contributed by atoms with van der Waals surface area (Å²) in [6.45, 7) is 0. The molecule has 1 atom stereocenters. The molecule has 32 heavy (non-hydrogen) atoms. The first-order valence-corrected chi connectivity index (χ1v) is 11.1. The van der Waals surface area contributed by atoms with Crippen molar-refractivity contribution < 1.29 is 32.8 Å². The number of esters is 1. The average molecular weight is 452 g/mol. The van der Waals surface area contributed by atoms with E-state index in [0.717, 1.165) is 0 Å². The van der Waals surface area contributed by atoms with Gasteiger partial charge in [0.2, 0.25) is 0 Å². The molecule has 0 spiro atoms. The van der Waals surface area contributed by atoms with E-state index in [1.807, 2.05) is 0 Å². The number of hydrogen-bond donors (Lipinski definition) is 2. The molecule has 0 saturated carbocycles. The van der Waals surface area contributed by atoms with E-state index in [9.17, 15) is 14.3 Å². The van der Waals surface area contributed by atoms with Gasteiger partial charge in [-0.1, -0.05) is 36.4 Å². The fourth-order valence-electron chi connectivity index (χ4n) is 3.52. The molecule has 2 heterocycles. The third-order valence-electron chi connectivity index (χ3n) is 4.94. The van der Waals surface area contributed by atoms with Crippen LogP contribution in [0.2, 0.25) is 0 Å². The Labute approximate surface area is 182 Å². The topological polar surface area (TPSA) is 120 Å². The lowest BCUT2D eigenvalue weighted by molar-refractivity contribution is 0.0600. The van der Waals surface area contributed by atoms with Crippen LogP contribution in [0.1, 0.15) is 27.6 Å². The summed E-state index contributed by atoms with van der Waals surface area (Å²) in [6, 6.07) is 18.6. The fourth-order valence-corrected chi connectivity index (χ4v) is 4.36. The van der Waals surface area contributed by atoms with Crippen molar-refractivity contribution in [1.82, 2.24) is 9.97 Å². The second-order valence-electron chi connectivity index (χ2n) is 6.99. The van der Waals surface area contributed by atoms with Crippen LogP contribution in [0, 0.1) is 0 Å². The molecule has 1 aromatic heterocycles. The smallest absolute Gasteiger partial charge is 0.465 e. The normalized spacial score (nSPS) is 14.7. The number of imidazole rings is 1. The number of benzene rings is 3. The van der Waals surface area contributed by atoms with Gasteiger partial charge in [-0.3, -0.25) is 9.42 Å². The number of methoxy groups -OCH3 is 1. The Bertz CT molecular complexity index is 1340. The molecule has 0 aliphatic carbocycles. The van der Waals surface area contributed by atoms with E-state index in [-0.39, 0.29) is 6.01 Å². The molecule has 162 valence electrons. The molecule has 0 bridgehead atoms. The number of aromatic nitrogens is 2. The summed E-state index contributed by atoms with van der Waals surface area (Å²) in [5.74, 6) is 0.530. The zero-order chi connectivity index (χ0) is 22.3. The number of nitrogens with zero attached hydrogens (tertiary/aromatic N) is 1. The maximum absolute atomic E-state index is 12.9. The molecule has 1 unspecified atom stereocenters. The standard InChI is InChI=1S/C22H17N2O7P/c1-28-21(25)13-10-11-16-17(12-13)24-22(23-16)31-32(26,27)30-20-14-6-2-4-8-18(14)29-19-9-5-3-7-15(19)20/h2-12,20H,1H3,(H,23,24)(H,26,27). The number of aromatic amines is 1. The van der Waals surface area contributed by atoms with Crippen LogP contribution in [-0.2, 0) is 13.8 Å². The van der Waals surface area contributed by atoms with E-state index >= 15 is 0 Å². The SMILES string of the molecule is COC(=O)c1ccc2nc(OP(=O)(O)OC3c4ccccc4Oc4ccccc43)[nH]c2c1. The molecule has 0 radical (unpaired) electrons. The number of carbonyl (C=O) groups excluding carboxylic acids is 1. The minimum atomic E-state index is -4.63. The molecule has 5 rings (SSSR count). The summed E-state index contributed by atoms with van der Waals surface area (Å²) in [4.78, 5) is 29.1. The summed E-state index contributed by atoms with van der Waals surface area (Å²) >= 11 is 0. The minimum Gasteiger partial charge on any atom is -0.465 e. The molecule has 0 amide bonds.